The van der Waals surface area contributed by atoms with E-state index in [1.807, 2.05) is 19.9 Å². The summed E-state index contributed by atoms with van der Waals surface area (Å²) in [6, 6.07) is 8.51. The summed E-state index contributed by atoms with van der Waals surface area (Å²) in [6.07, 6.45) is 2.05. The first-order valence-corrected chi connectivity index (χ1v) is 6.71. The second-order valence-electron chi connectivity index (χ2n) is 5.38. The summed E-state index contributed by atoms with van der Waals surface area (Å²) in [5, 5.41) is 3.15. The molecule has 0 fully saturated rings. The molecule has 0 spiro atoms. The van der Waals surface area contributed by atoms with Crippen LogP contribution in [0.15, 0.2) is 24.3 Å². The molecule has 18 heavy (non-hydrogen) atoms. The lowest BCUT2D eigenvalue weighted by molar-refractivity contribution is -0.126. The second kappa shape index (κ2) is 5.53. The van der Waals surface area contributed by atoms with E-state index in [2.05, 4.69) is 23.5 Å². The predicted molar refractivity (Wildman–Crippen MR) is 73.0 cm³/mol. The number of nitrogens with one attached hydrogen (secondary N) is 1. The van der Waals surface area contributed by atoms with Crippen molar-refractivity contribution < 1.29 is 4.79 Å². The number of amides is 1. The number of hydrogen-bond acceptors (Lipinski definition) is 2. The van der Waals surface area contributed by atoms with Crippen molar-refractivity contribution in [3.63, 3.8) is 0 Å². The Morgan fingerprint density at radius 2 is 2.17 bits per heavy atom. The lowest BCUT2D eigenvalue weighted by Gasteiger charge is -2.21. The number of rotatable bonds is 4. The highest BCUT2D eigenvalue weighted by Gasteiger charge is 2.27. The largest absolute Gasteiger partial charge is 0.349 e. The van der Waals surface area contributed by atoms with Gasteiger partial charge in [-0.2, -0.15) is 0 Å². The van der Waals surface area contributed by atoms with Gasteiger partial charge in [-0.1, -0.05) is 38.1 Å². The van der Waals surface area contributed by atoms with E-state index < -0.39 is 0 Å². The first-order chi connectivity index (χ1) is 8.63. The Morgan fingerprint density at radius 3 is 2.83 bits per heavy atom. The molecule has 0 aromatic heterocycles. The van der Waals surface area contributed by atoms with E-state index in [1.165, 1.54) is 11.1 Å². The predicted octanol–water partition coefficient (Wildman–Crippen LogP) is 2.02. The normalized spacial score (nSPS) is 19.7. The highest BCUT2D eigenvalue weighted by atomic mass is 16.2. The van der Waals surface area contributed by atoms with Crippen molar-refractivity contribution in [2.24, 2.45) is 17.6 Å². The number of aryl methyl sites for hydroxylation is 1. The molecule has 0 radical (unpaired) electrons. The molecule has 1 aromatic carbocycles. The summed E-state index contributed by atoms with van der Waals surface area (Å²) >= 11 is 0. The van der Waals surface area contributed by atoms with E-state index in [0.717, 1.165) is 12.8 Å². The molecule has 1 aliphatic carbocycles. The molecule has 1 amide bonds. The van der Waals surface area contributed by atoms with Crippen molar-refractivity contribution in [3.05, 3.63) is 35.4 Å². The molecule has 0 saturated heterocycles. The van der Waals surface area contributed by atoms with E-state index in [0.29, 0.717) is 6.54 Å². The fourth-order valence-corrected chi connectivity index (χ4v) is 2.67. The van der Waals surface area contributed by atoms with Crippen molar-refractivity contribution in [2.75, 3.05) is 6.54 Å². The van der Waals surface area contributed by atoms with Crippen LogP contribution in [0.3, 0.4) is 0 Å². The van der Waals surface area contributed by atoms with Gasteiger partial charge in [-0.05, 0) is 29.9 Å². The van der Waals surface area contributed by atoms with Crippen molar-refractivity contribution in [1.29, 1.82) is 0 Å². The van der Waals surface area contributed by atoms with Gasteiger partial charge in [0.15, 0.2) is 0 Å². The van der Waals surface area contributed by atoms with E-state index in [1.54, 1.807) is 0 Å². The Labute approximate surface area is 109 Å². The number of benzene rings is 1. The van der Waals surface area contributed by atoms with Gasteiger partial charge < -0.3 is 11.1 Å². The molecule has 0 bridgehead atoms. The van der Waals surface area contributed by atoms with E-state index in [9.17, 15) is 4.79 Å². The first-order valence-electron chi connectivity index (χ1n) is 6.71. The summed E-state index contributed by atoms with van der Waals surface area (Å²) in [6.45, 7) is 4.50. The monoisotopic (exact) mass is 246 g/mol. The SMILES string of the molecule is CC(C)C(CN)C(=O)NC1CCc2ccccc21. The van der Waals surface area contributed by atoms with Crippen LogP contribution in [0.5, 0.6) is 0 Å². The van der Waals surface area contributed by atoms with Gasteiger partial charge in [0, 0.05) is 6.54 Å². The van der Waals surface area contributed by atoms with Gasteiger partial charge in [0.1, 0.15) is 0 Å². The quantitative estimate of drug-likeness (QED) is 0.854. The molecule has 3 N–H and O–H groups in total. The molecule has 2 unspecified atom stereocenters. The molecule has 3 heteroatoms. The third-order valence-electron chi connectivity index (χ3n) is 3.84. The summed E-state index contributed by atoms with van der Waals surface area (Å²) < 4.78 is 0. The second-order valence-corrected chi connectivity index (χ2v) is 5.38. The van der Waals surface area contributed by atoms with Crippen LogP contribution in [-0.4, -0.2) is 12.5 Å². The average Bonchev–Trinajstić information content (AvgIpc) is 2.73. The standard InChI is InChI=1S/C15H22N2O/c1-10(2)13(9-16)15(18)17-14-8-7-11-5-3-4-6-12(11)14/h3-6,10,13-14H,7-9,16H2,1-2H3,(H,17,18). The van der Waals surface area contributed by atoms with Crippen LogP contribution >= 0.6 is 0 Å². The van der Waals surface area contributed by atoms with Crippen LogP contribution in [0.1, 0.15) is 37.4 Å². The van der Waals surface area contributed by atoms with E-state index in [4.69, 9.17) is 5.73 Å². The number of carbonyl (C=O) groups is 1. The maximum Gasteiger partial charge on any atom is 0.225 e. The molecule has 98 valence electrons. The summed E-state index contributed by atoms with van der Waals surface area (Å²) in [5.41, 5.74) is 8.31. The molecule has 0 heterocycles. The molecule has 2 rings (SSSR count). The number of hydrogen-bond donors (Lipinski definition) is 2. The zero-order chi connectivity index (χ0) is 13.1. The highest BCUT2D eigenvalue weighted by molar-refractivity contribution is 5.79. The Morgan fingerprint density at radius 1 is 1.44 bits per heavy atom. The van der Waals surface area contributed by atoms with Crippen LogP contribution in [-0.2, 0) is 11.2 Å². The molecular formula is C15H22N2O. The zero-order valence-electron chi connectivity index (χ0n) is 11.1. The topological polar surface area (TPSA) is 55.1 Å². The molecule has 1 aliphatic rings. The first kappa shape index (κ1) is 13.1. The number of carbonyl (C=O) groups excluding carboxylic acids is 1. The van der Waals surface area contributed by atoms with Gasteiger partial charge in [0.25, 0.3) is 0 Å². The Hall–Kier alpha value is -1.35. The van der Waals surface area contributed by atoms with Crippen LogP contribution in [0.4, 0.5) is 0 Å². The van der Waals surface area contributed by atoms with Gasteiger partial charge in [0.05, 0.1) is 12.0 Å². The molecule has 3 nitrogen and oxygen atoms in total. The number of fused-ring (bicyclic) bond motifs is 1. The Bertz CT molecular complexity index is 428. The van der Waals surface area contributed by atoms with Crippen LogP contribution in [0, 0.1) is 11.8 Å². The van der Waals surface area contributed by atoms with Crippen molar-refractivity contribution in [1.82, 2.24) is 5.32 Å². The lowest BCUT2D eigenvalue weighted by atomic mass is 9.94. The highest BCUT2D eigenvalue weighted by Crippen LogP contribution is 2.31. The molecule has 0 saturated carbocycles. The van der Waals surface area contributed by atoms with Gasteiger partial charge in [0.2, 0.25) is 5.91 Å². The minimum Gasteiger partial charge on any atom is -0.349 e. The third kappa shape index (κ3) is 2.56. The molecule has 1 aromatic rings. The van der Waals surface area contributed by atoms with Gasteiger partial charge >= 0.3 is 0 Å². The summed E-state index contributed by atoms with van der Waals surface area (Å²) in [5.74, 6) is 0.290. The number of nitrogens with two attached hydrogens (primary N) is 1. The van der Waals surface area contributed by atoms with Crippen LogP contribution in [0.25, 0.3) is 0 Å². The van der Waals surface area contributed by atoms with Gasteiger partial charge in [-0.15, -0.1) is 0 Å². The van der Waals surface area contributed by atoms with Crippen molar-refractivity contribution in [2.45, 2.75) is 32.7 Å². The van der Waals surface area contributed by atoms with Crippen molar-refractivity contribution >= 4 is 5.91 Å². The fraction of sp³-hybridized carbons (Fsp3) is 0.533. The maximum atomic E-state index is 12.2. The van der Waals surface area contributed by atoms with Gasteiger partial charge in [-0.3, -0.25) is 4.79 Å². The van der Waals surface area contributed by atoms with Crippen molar-refractivity contribution in [3.8, 4) is 0 Å². The van der Waals surface area contributed by atoms with Crippen LogP contribution in [0.2, 0.25) is 0 Å². The molecular weight excluding hydrogens is 224 g/mol. The van der Waals surface area contributed by atoms with E-state index in [-0.39, 0.29) is 23.8 Å². The average molecular weight is 246 g/mol. The smallest absolute Gasteiger partial charge is 0.225 e. The third-order valence-corrected chi connectivity index (χ3v) is 3.84. The molecule has 0 aliphatic heterocycles. The van der Waals surface area contributed by atoms with E-state index >= 15 is 0 Å². The minimum absolute atomic E-state index is 0.0854. The zero-order valence-corrected chi connectivity index (χ0v) is 11.1. The lowest BCUT2D eigenvalue weighted by Crippen LogP contribution is -2.39. The summed E-state index contributed by atoms with van der Waals surface area (Å²) in [4.78, 5) is 12.2. The minimum atomic E-state index is -0.0854. The maximum absolute atomic E-state index is 12.2. The molecule has 2 atom stereocenters. The summed E-state index contributed by atoms with van der Waals surface area (Å²) in [7, 11) is 0. The fourth-order valence-electron chi connectivity index (χ4n) is 2.67. The van der Waals surface area contributed by atoms with Crippen LogP contribution < -0.4 is 11.1 Å². The Balaban J connectivity index is 2.05. The Kier molecular flexibility index (Phi) is 4.02. The van der Waals surface area contributed by atoms with Gasteiger partial charge in [-0.25, -0.2) is 0 Å².